The summed E-state index contributed by atoms with van der Waals surface area (Å²) in [6, 6.07) is 1.78. The van der Waals surface area contributed by atoms with Crippen molar-refractivity contribution in [1.82, 2.24) is 9.97 Å². The van der Waals surface area contributed by atoms with Crippen LogP contribution in [0.5, 0.6) is 0 Å². The first-order valence-electron chi connectivity index (χ1n) is 2.49. The Kier molecular flexibility index (Phi) is 2.32. The van der Waals surface area contributed by atoms with Gasteiger partial charge in [0.15, 0.2) is 0 Å². The Morgan fingerprint density at radius 1 is 1.44 bits per heavy atom. The predicted molar refractivity (Wildman–Crippen MR) is 39.2 cm³/mol. The molecule has 1 rings (SSSR count). The van der Waals surface area contributed by atoms with E-state index < -0.39 is 0 Å². The van der Waals surface area contributed by atoms with Crippen LogP contribution in [0.15, 0.2) is 18.5 Å². The van der Waals surface area contributed by atoms with Gasteiger partial charge in [0.1, 0.15) is 0 Å². The summed E-state index contributed by atoms with van der Waals surface area (Å²) in [5, 5.41) is 0. The number of anilines is 1. The van der Waals surface area contributed by atoms with Crippen LogP contribution in [0.1, 0.15) is 0 Å². The molecular weight excluding hydrogens is 134 g/mol. The summed E-state index contributed by atoms with van der Waals surface area (Å²) in [4.78, 5) is 7.85. The summed E-state index contributed by atoms with van der Waals surface area (Å²) < 4.78 is 2.90. The summed E-state index contributed by atoms with van der Waals surface area (Å²) in [6.45, 7) is 0. The second kappa shape index (κ2) is 3.29. The number of nitrogens with zero attached hydrogens (tertiary/aromatic N) is 2. The molecule has 0 aromatic carbocycles. The van der Waals surface area contributed by atoms with Crippen LogP contribution in [-0.2, 0) is 0 Å². The number of nitrogens with one attached hydrogen (secondary N) is 1. The van der Waals surface area contributed by atoms with Crippen molar-refractivity contribution in [1.29, 1.82) is 0 Å². The van der Waals surface area contributed by atoms with E-state index in [0.717, 1.165) is 0 Å². The minimum atomic E-state index is 0.657. The van der Waals surface area contributed by atoms with Gasteiger partial charge in [0.05, 0.1) is 0 Å². The van der Waals surface area contributed by atoms with Gasteiger partial charge in [-0.1, -0.05) is 11.9 Å². The van der Waals surface area contributed by atoms with Gasteiger partial charge in [0.25, 0.3) is 0 Å². The molecule has 0 aliphatic carbocycles. The summed E-state index contributed by atoms with van der Waals surface area (Å²) in [5.74, 6) is 0.657. The summed E-state index contributed by atoms with van der Waals surface area (Å²) in [7, 11) is 0. The fourth-order valence-electron chi connectivity index (χ4n) is 0.443. The van der Waals surface area contributed by atoms with Crippen LogP contribution in [0.3, 0.4) is 0 Å². The standard InChI is InChI=1S/C5H7N3S/c1-9-8-5-6-3-2-4-7-5/h2-4H,1H3,(H,6,7,8). The molecule has 0 aliphatic heterocycles. The highest BCUT2D eigenvalue weighted by Gasteiger charge is 1.85. The van der Waals surface area contributed by atoms with Crippen molar-refractivity contribution in [2.24, 2.45) is 0 Å². The highest BCUT2D eigenvalue weighted by Crippen LogP contribution is 1.99. The van der Waals surface area contributed by atoms with E-state index in [-0.39, 0.29) is 0 Å². The third-order valence-electron chi connectivity index (χ3n) is 0.759. The highest BCUT2D eigenvalue weighted by molar-refractivity contribution is 7.99. The van der Waals surface area contributed by atoms with Gasteiger partial charge in [-0.05, 0) is 6.07 Å². The Morgan fingerprint density at radius 3 is 2.67 bits per heavy atom. The maximum atomic E-state index is 3.93. The SMILES string of the molecule is CSNc1ncccn1. The molecule has 0 amide bonds. The van der Waals surface area contributed by atoms with E-state index in [1.54, 1.807) is 18.5 Å². The van der Waals surface area contributed by atoms with Crippen molar-refractivity contribution in [3.8, 4) is 0 Å². The maximum absolute atomic E-state index is 3.93. The monoisotopic (exact) mass is 141 g/mol. The first kappa shape index (κ1) is 6.35. The van der Waals surface area contributed by atoms with Crippen LogP contribution in [-0.4, -0.2) is 16.2 Å². The van der Waals surface area contributed by atoms with E-state index in [4.69, 9.17) is 0 Å². The van der Waals surface area contributed by atoms with Crippen molar-refractivity contribution < 1.29 is 0 Å². The first-order chi connectivity index (χ1) is 4.43. The van der Waals surface area contributed by atoms with Crippen molar-refractivity contribution in [2.45, 2.75) is 0 Å². The Hall–Kier alpha value is -0.770. The molecule has 0 saturated heterocycles. The van der Waals surface area contributed by atoms with Crippen LogP contribution < -0.4 is 4.72 Å². The maximum Gasteiger partial charge on any atom is 0.232 e. The minimum absolute atomic E-state index is 0.657. The third-order valence-corrected chi connectivity index (χ3v) is 1.15. The molecule has 3 nitrogen and oxygen atoms in total. The van der Waals surface area contributed by atoms with Gasteiger partial charge in [0, 0.05) is 18.6 Å². The largest absolute Gasteiger partial charge is 0.298 e. The Labute approximate surface area is 58.0 Å². The number of rotatable bonds is 2. The van der Waals surface area contributed by atoms with Gasteiger partial charge in [-0.25, -0.2) is 9.97 Å². The van der Waals surface area contributed by atoms with Crippen molar-refractivity contribution >= 4 is 17.9 Å². The summed E-state index contributed by atoms with van der Waals surface area (Å²) in [5.41, 5.74) is 0. The summed E-state index contributed by atoms with van der Waals surface area (Å²) >= 11 is 1.48. The zero-order valence-corrected chi connectivity index (χ0v) is 5.85. The van der Waals surface area contributed by atoms with E-state index in [1.165, 1.54) is 11.9 Å². The molecule has 0 radical (unpaired) electrons. The van der Waals surface area contributed by atoms with Crippen LogP contribution in [0.25, 0.3) is 0 Å². The topological polar surface area (TPSA) is 37.8 Å². The molecule has 48 valence electrons. The molecule has 0 atom stereocenters. The molecule has 0 fully saturated rings. The van der Waals surface area contributed by atoms with E-state index in [1.807, 2.05) is 6.26 Å². The number of hydrogen-bond acceptors (Lipinski definition) is 4. The average Bonchev–Trinajstić information content (AvgIpc) is 1.91. The number of aromatic nitrogens is 2. The quantitative estimate of drug-likeness (QED) is 0.627. The van der Waals surface area contributed by atoms with Gasteiger partial charge < -0.3 is 0 Å². The second-order valence-electron chi connectivity index (χ2n) is 1.38. The molecule has 9 heavy (non-hydrogen) atoms. The van der Waals surface area contributed by atoms with Crippen LogP contribution >= 0.6 is 11.9 Å². The molecule has 0 bridgehead atoms. The molecule has 0 spiro atoms. The fraction of sp³-hybridized carbons (Fsp3) is 0.200. The van der Waals surface area contributed by atoms with Gasteiger partial charge in [0.2, 0.25) is 5.95 Å². The van der Waals surface area contributed by atoms with Gasteiger partial charge in [-0.3, -0.25) is 4.72 Å². The van der Waals surface area contributed by atoms with Gasteiger partial charge in [-0.15, -0.1) is 0 Å². The number of hydrogen-bond donors (Lipinski definition) is 1. The lowest BCUT2D eigenvalue weighted by Crippen LogP contribution is -1.90. The Bertz CT molecular complexity index is 165. The molecule has 1 aromatic heterocycles. The molecule has 4 heteroatoms. The van der Waals surface area contributed by atoms with Crippen LogP contribution in [0.4, 0.5) is 5.95 Å². The molecule has 1 heterocycles. The van der Waals surface area contributed by atoms with Crippen molar-refractivity contribution in [2.75, 3.05) is 11.0 Å². The molecule has 1 aromatic rings. The molecular formula is C5H7N3S. The Balaban J connectivity index is 2.61. The fourth-order valence-corrected chi connectivity index (χ4v) is 0.731. The second-order valence-corrected chi connectivity index (χ2v) is 1.99. The van der Waals surface area contributed by atoms with E-state index >= 15 is 0 Å². The molecule has 0 saturated carbocycles. The van der Waals surface area contributed by atoms with Crippen molar-refractivity contribution in [3.63, 3.8) is 0 Å². The van der Waals surface area contributed by atoms with E-state index in [2.05, 4.69) is 14.7 Å². The minimum Gasteiger partial charge on any atom is -0.298 e. The van der Waals surface area contributed by atoms with Crippen LogP contribution in [0.2, 0.25) is 0 Å². The van der Waals surface area contributed by atoms with Gasteiger partial charge in [-0.2, -0.15) is 0 Å². The normalized spacial score (nSPS) is 9.00. The smallest absolute Gasteiger partial charge is 0.232 e. The average molecular weight is 141 g/mol. The molecule has 0 aliphatic rings. The zero-order chi connectivity index (χ0) is 6.53. The molecule has 0 unspecified atom stereocenters. The van der Waals surface area contributed by atoms with Crippen molar-refractivity contribution in [3.05, 3.63) is 18.5 Å². The van der Waals surface area contributed by atoms with E-state index in [0.29, 0.717) is 5.95 Å². The lowest BCUT2D eigenvalue weighted by Gasteiger charge is -1.95. The lowest BCUT2D eigenvalue weighted by atomic mass is 10.7. The van der Waals surface area contributed by atoms with Gasteiger partial charge >= 0.3 is 0 Å². The highest BCUT2D eigenvalue weighted by atomic mass is 32.2. The Morgan fingerprint density at radius 2 is 2.11 bits per heavy atom. The first-order valence-corrected chi connectivity index (χ1v) is 3.72. The van der Waals surface area contributed by atoms with E-state index in [9.17, 15) is 0 Å². The predicted octanol–water partition coefficient (Wildman–Crippen LogP) is 1.17. The zero-order valence-electron chi connectivity index (χ0n) is 5.03. The third kappa shape index (κ3) is 1.89. The lowest BCUT2D eigenvalue weighted by molar-refractivity contribution is 1.19. The summed E-state index contributed by atoms with van der Waals surface area (Å²) in [6.07, 6.45) is 5.33. The van der Waals surface area contributed by atoms with Crippen LogP contribution in [0, 0.1) is 0 Å². The molecule has 1 N–H and O–H groups in total.